The summed E-state index contributed by atoms with van der Waals surface area (Å²) < 4.78 is 13.2. The van der Waals surface area contributed by atoms with Gasteiger partial charge in [0.05, 0.1) is 97.2 Å². The van der Waals surface area contributed by atoms with E-state index in [1.54, 1.807) is 123 Å². The van der Waals surface area contributed by atoms with E-state index in [4.69, 9.17) is 90.6 Å². The standard InChI is InChI=1S/C17H19ClN6S.C17H19FN6S.C17H21N7S.C17H20N6OS.C17H20N6S.C16H19N7S/c2*1-23-8-10-24(11-9-23)17(25)22-21-16(14-6-7-19-20-12-14)13-2-4-15(18)5-3-13;1-23-8-10-24(11-9-23)17(25)22-21-16(13-6-7-19-20-12-13)14-4-2-3-5-15(14)18;1-22-8-10-23(11-9-22)17(25)21-20-16(13-6-7-18-19-12-13)14-4-2-3-5-15(14)24;1-22-9-11-23(12-10-22)17(24)21-20-16(14-5-3-2-4-6-14)15-7-8-18-19-13-15;1-22-8-10-23(11-9-22)16(24)21-20-15(13-5-7-18-19-12-13)14-4-2-3-6-17-14/h2*2-7,12H,8-11H2,1H3,(H,22,25);2-7,12H,8-11,18H2,1H3,(H,22,25);2-7,12,24H,8-11H2,1H3,(H,21,25);2-8,13H,9-12H2,1H3,(H,21,24);2-7,12H,8-11H2,1H3,(H,21,24)/b2*21-16-;21-16+;20-16+;20-16-;20-15+. The highest BCUT2D eigenvalue weighted by molar-refractivity contribution is 7.81. The van der Waals surface area contributed by atoms with Crippen LogP contribution in [0.3, 0.4) is 0 Å². The Morgan fingerprint density at radius 2 is 0.520 bits per heavy atom. The summed E-state index contributed by atoms with van der Waals surface area (Å²) in [6, 6.07) is 55.0. The van der Waals surface area contributed by atoms with Crippen molar-refractivity contribution >= 4 is 156 Å². The second-order valence-corrected chi connectivity index (χ2v) is 37.2. The maximum atomic E-state index is 13.2. The minimum atomic E-state index is -0.295. The van der Waals surface area contributed by atoms with Crippen molar-refractivity contribution in [2.24, 2.45) is 30.6 Å². The lowest BCUT2D eigenvalue weighted by Crippen LogP contribution is -2.49. The minimum Gasteiger partial charge on any atom is -0.507 e. The number of aromatic hydroxyl groups is 1. The summed E-state index contributed by atoms with van der Waals surface area (Å²) in [7, 11) is 12.6. The van der Waals surface area contributed by atoms with Gasteiger partial charge in [-0.15, -0.1) is 0 Å². The second kappa shape index (κ2) is 58.7. The lowest BCUT2D eigenvalue weighted by Gasteiger charge is -2.33. The number of benzene rings is 5. The van der Waals surface area contributed by atoms with Gasteiger partial charge in [-0.1, -0.05) is 90.5 Å². The summed E-state index contributed by atoms with van der Waals surface area (Å²) >= 11 is 38.9. The number of hydrazone groups is 6. The number of phenolic OH excluding ortho intramolecular Hbond substituents is 1. The number of phenols is 1. The zero-order chi connectivity index (χ0) is 104. The van der Waals surface area contributed by atoms with E-state index in [1.807, 2.05) is 127 Å². The molecule has 0 aliphatic carbocycles. The normalized spacial score (nSPS) is 15.9. The van der Waals surface area contributed by atoms with E-state index in [0.29, 0.717) is 69.8 Å². The van der Waals surface area contributed by atoms with Crippen LogP contribution >= 0.6 is 84.9 Å². The second-order valence-electron chi connectivity index (χ2n) is 34.5. The first kappa shape index (κ1) is 111. The van der Waals surface area contributed by atoms with E-state index in [9.17, 15) is 9.50 Å². The number of thiocarbonyl (C=S) groups is 6. The van der Waals surface area contributed by atoms with Crippen molar-refractivity contribution in [3.63, 3.8) is 0 Å². The molecule has 0 bridgehead atoms. The van der Waals surface area contributed by atoms with Crippen LogP contribution < -0.4 is 38.3 Å². The number of nitrogens with two attached hydrogens (primary N) is 1. The number of nitrogens with zero attached hydrogens (tertiary/aromatic N) is 31. The first-order chi connectivity index (χ1) is 72.0. The van der Waals surface area contributed by atoms with E-state index in [-0.39, 0.29) is 11.6 Å². The number of nitrogens with one attached hydrogen (secondary N) is 6. The summed E-state index contributed by atoms with van der Waals surface area (Å²) in [5.74, 6) is -0.151. The molecule has 0 spiro atoms. The number of anilines is 1. The van der Waals surface area contributed by atoms with Crippen LogP contribution in [0.15, 0.2) is 293 Å². The number of pyridine rings is 1. The van der Waals surface area contributed by atoms with Gasteiger partial charge in [0, 0.05) is 235 Å². The fourth-order valence-corrected chi connectivity index (χ4v) is 16.6. The maximum Gasteiger partial charge on any atom is 0.189 e. The van der Waals surface area contributed by atoms with Gasteiger partial charge in [0.25, 0.3) is 0 Å². The topological polar surface area (TPSA) is 399 Å². The molecule has 39 nitrogen and oxygen atoms in total. The van der Waals surface area contributed by atoms with E-state index < -0.39 is 0 Å². The summed E-state index contributed by atoms with van der Waals surface area (Å²) in [6.07, 6.45) is 21.4. The number of hydrogen-bond donors (Lipinski definition) is 8. The Morgan fingerprint density at radius 1 is 0.270 bits per heavy atom. The molecule has 6 aliphatic heterocycles. The van der Waals surface area contributed by atoms with Crippen molar-refractivity contribution in [3.8, 4) is 5.75 Å². The lowest BCUT2D eigenvalue weighted by atomic mass is 10.0. The number of rotatable bonds is 18. The van der Waals surface area contributed by atoms with Crippen LogP contribution in [0.4, 0.5) is 10.1 Å². The lowest BCUT2D eigenvalue weighted by molar-refractivity contribution is 0.214. The molecular weight excluding hydrogens is 2010 g/mol. The van der Waals surface area contributed by atoms with E-state index in [2.05, 4.69) is 230 Å². The van der Waals surface area contributed by atoms with Crippen LogP contribution in [0.1, 0.15) is 66.9 Å². The molecule has 0 amide bonds. The highest BCUT2D eigenvalue weighted by Crippen LogP contribution is 2.23. The van der Waals surface area contributed by atoms with Crippen molar-refractivity contribution < 1.29 is 9.50 Å². The fraction of sp³-hybridized carbons (Fsp3) is 0.297. The molecule has 6 saturated heterocycles. The van der Waals surface area contributed by atoms with Crippen molar-refractivity contribution in [2.75, 3.05) is 205 Å². The molecule has 7 aromatic heterocycles. The molecule has 768 valence electrons. The Hall–Kier alpha value is -14.5. The number of piperazine rings is 6. The Kier molecular flexibility index (Phi) is 43.9. The maximum absolute atomic E-state index is 13.2. The molecule has 5 aromatic carbocycles. The number of para-hydroxylation sites is 2. The van der Waals surface area contributed by atoms with Gasteiger partial charge in [-0.25, -0.2) is 4.39 Å². The number of likely N-dealkylation sites (N-methyl/N-ethyl adjacent to an activating group) is 6. The van der Waals surface area contributed by atoms with Crippen LogP contribution in [0.5, 0.6) is 5.75 Å². The van der Waals surface area contributed by atoms with Gasteiger partial charge >= 0.3 is 0 Å². The smallest absolute Gasteiger partial charge is 0.189 e. The van der Waals surface area contributed by atoms with Crippen molar-refractivity contribution in [1.82, 2.24) is 158 Å². The molecule has 9 N–H and O–H groups in total. The average Bonchev–Trinajstić information content (AvgIpc) is 0.819. The van der Waals surface area contributed by atoms with Crippen LogP contribution in [-0.4, -0.2) is 394 Å². The highest BCUT2D eigenvalue weighted by atomic mass is 35.5. The van der Waals surface area contributed by atoms with Crippen LogP contribution in [0.25, 0.3) is 0 Å². The summed E-state index contributed by atoms with van der Waals surface area (Å²) in [6.45, 7) is 22.4. The molecule has 0 radical (unpaired) electrons. The van der Waals surface area contributed by atoms with E-state index in [1.165, 1.54) is 12.1 Å². The molecular formula is C101H118ClFN38OS6. The van der Waals surface area contributed by atoms with Gasteiger partial charge in [0.15, 0.2) is 30.7 Å². The third kappa shape index (κ3) is 34.8. The third-order valence-electron chi connectivity index (χ3n) is 24.0. The molecule has 6 fully saturated rings. The number of hydrogen-bond acceptors (Lipinski definition) is 33. The molecule has 0 atom stereocenters. The third-order valence-corrected chi connectivity index (χ3v) is 26.4. The van der Waals surface area contributed by atoms with Gasteiger partial charge in [-0.2, -0.15) is 91.8 Å². The van der Waals surface area contributed by atoms with Gasteiger partial charge in [-0.05, 0) is 219 Å². The van der Waals surface area contributed by atoms with Gasteiger partial charge < -0.3 is 69.6 Å². The van der Waals surface area contributed by atoms with E-state index in [0.717, 1.165) is 230 Å². The highest BCUT2D eigenvalue weighted by Gasteiger charge is 2.26. The number of aromatic nitrogens is 13. The van der Waals surface area contributed by atoms with Gasteiger partial charge in [0.1, 0.15) is 28.7 Å². The monoisotopic (exact) mass is 2120 g/mol. The Labute approximate surface area is 897 Å². The quantitative estimate of drug-likeness (QED) is 0.0177. The zero-order valence-corrected chi connectivity index (χ0v) is 88.5. The number of nitrogen functional groups attached to an aromatic ring is 1. The minimum absolute atomic E-state index is 0.144. The van der Waals surface area contributed by atoms with Crippen molar-refractivity contribution in [1.29, 1.82) is 0 Å². The molecule has 0 unspecified atom stereocenters. The van der Waals surface area contributed by atoms with Crippen LogP contribution in [-0.2, 0) is 0 Å². The van der Waals surface area contributed by atoms with Crippen molar-refractivity contribution in [2.45, 2.75) is 0 Å². The zero-order valence-electron chi connectivity index (χ0n) is 82.9. The Balaban J connectivity index is 0.000000148. The predicted octanol–water partition coefficient (Wildman–Crippen LogP) is 7.58. The number of halogens is 2. The van der Waals surface area contributed by atoms with Gasteiger partial charge in [0.2, 0.25) is 0 Å². The molecule has 13 heterocycles. The first-order valence-electron chi connectivity index (χ1n) is 47.7. The molecule has 0 saturated carbocycles. The van der Waals surface area contributed by atoms with Crippen LogP contribution in [0, 0.1) is 5.82 Å². The molecule has 6 aliphatic rings. The summed E-state index contributed by atoms with van der Waals surface area (Å²) in [5.41, 5.74) is 38.6. The molecule has 148 heavy (non-hydrogen) atoms. The molecule has 12 aromatic rings. The Bertz CT molecular complexity index is 5930. The fourth-order valence-electron chi connectivity index (χ4n) is 15.1. The predicted molar refractivity (Wildman–Crippen MR) is 602 cm³/mol. The summed E-state index contributed by atoms with van der Waals surface area (Å²) in [5, 5.41) is 88.0. The Morgan fingerprint density at radius 3 is 0.811 bits per heavy atom. The average molecular weight is 2130 g/mol. The molecule has 47 heteroatoms. The van der Waals surface area contributed by atoms with Gasteiger partial charge in [-0.3, -0.25) is 37.5 Å². The SMILES string of the molecule is CN1CCN(C(=S)N/N=C(/c2ccc(Cl)cc2)c2ccnnc2)CC1.CN1CCN(C(=S)N/N=C(/c2ccc(F)cc2)c2ccnnc2)CC1.CN1CCN(C(=S)N/N=C(/c2ccccc2)c2ccnnc2)CC1.CN1CCN(C(=S)N/N=C(\c2ccnnc2)c2ccccc2N)CC1.CN1CCN(C(=S)N/N=C(\c2ccnnc2)c2ccccc2O)CC1.CN1CCN(C(=S)N/N=C(\c2ccnnc2)c2ccccn2)CC1. The van der Waals surface area contributed by atoms with Crippen molar-refractivity contribution in [3.05, 3.63) is 340 Å². The summed E-state index contributed by atoms with van der Waals surface area (Å²) in [4.78, 5) is 30.7. The largest absolute Gasteiger partial charge is 0.507 e. The first-order valence-corrected chi connectivity index (χ1v) is 50.5. The van der Waals surface area contributed by atoms with Crippen LogP contribution in [0.2, 0.25) is 5.02 Å². The molecule has 18 rings (SSSR count). The van der Waals surface area contributed by atoms with E-state index >= 15 is 0 Å².